The van der Waals surface area contributed by atoms with E-state index < -0.39 is 0 Å². The van der Waals surface area contributed by atoms with Crippen LogP contribution in [0.4, 0.5) is 11.6 Å². The van der Waals surface area contributed by atoms with Crippen LogP contribution in [0.5, 0.6) is 0 Å². The summed E-state index contributed by atoms with van der Waals surface area (Å²) in [6, 6.07) is 18.5. The van der Waals surface area contributed by atoms with Gasteiger partial charge >= 0.3 is 0 Å². The Bertz CT molecular complexity index is 953. The van der Waals surface area contributed by atoms with Gasteiger partial charge in [0, 0.05) is 10.9 Å². The van der Waals surface area contributed by atoms with Crippen molar-refractivity contribution in [3.05, 3.63) is 67.1 Å². The fourth-order valence-corrected chi connectivity index (χ4v) is 3.63. The van der Waals surface area contributed by atoms with Gasteiger partial charge in [-0.05, 0) is 17.7 Å². The highest BCUT2D eigenvalue weighted by Gasteiger charge is 2.10. The average Bonchev–Trinajstić information content (AvgIpc) is 3.12. The molecule has 0 fully saturated rings. The van der Waals surface area contributed by atoms with E-state index in [4.69, 9.17) is 0 Å². The third-order valence-electron chi connectivity index (χ3n) is 3.83. The van der Waals surface area contributed by atoms with E-state index in [2.05, 4.69) is 55.9 Å². The molecule has 0 atom stereocenters. The number of nitrogens with zero attached hydrogens (tertiary/aromatic N) is 2. The summed E-state index contributed by atoms with van der Waals surface area (Å²) in [6.45, 7) is 1.56. The van der Waals surface area contributed by atoms with E-state index in [1.807, 2.05) is 30.5 Å². The second-order valence-corrected chi connectivity index (χ2v) is 6.58. The van der Waals surface area contributed by atoms with E-state index in [-0.39, 0.29) is 0 Å². The summed E-state index contributed by atoms with van der Waals surface area (Å²) in [6.07, 6.45) is 3.52. The lowest BCUT2D eigenvalue weighted by atomic mass is 10.2. The number of anilines is 2. The third-order valence-corrected chi connectivity index (χ3v) is 4.92. The number of aromatic nitrogens is 3. The van der Waals surface area contributed by atoms with Gasteiger partial charge in [-0.15, -0.1) is 11.3 Å². The van der Waals surface area contributed by atoms with Gasteiger partial charge in [-0.2, -0.15) is 0 Å². The van der Waals surface area contributed by atoms with E-state index in [0.29, 0.717) is 0 Å². The number of aromatic amines is 1. The predicted octanol–water partition coefficient (Wildman–Crippen LogP) is 3.70. The van der Waals surface area contributed by atoms with E-state index in [9.17, 15) is 0 Å². The molecule has 0 unspecified atom stereocenters. The molecule has 0 radical (unpaired) electrons. The summed E-state index contributed by atoms with van der Waals surface area (Å²) in [5.74, 6) is 1.88. The standard InChI is InChI=1S/C19H17N5S/c1-2-6-14(7-3-1)16-12-15-18(23-13-24-19(15)25-16)22-11-10-21-17-8-4-5-9-20-17/h1-9,12-13H,10-11H2,(H,20,21)(H,22,23,24)/p+1. The lowest BCUT2D eigenvalue weighted by Gasteiger charge is -2.05. The molecule has 6 heteroatoms. The molecule has 0 bridgehead atoms. The molecular formula is C19H18N5S+. The first-order valence-corrected chi connectivity index (χ1v) is 8.96. The summed E-state index contributed by atoms with van der Waals surface area (Å²) < 4.78 is 0. The number of thiophene rings is 1. The van der Waals surface area contributed by atoms with Gasteiger partial charge in [0.25, 0.3) is 5.82 Å². The maximum atomic E-state index is 4.41. The smallest absolute Gasteiger partial charge is 0.272 e. The summed E-state index contributed by atoms with van der Waals surface area (Å²) in [7, 11) is 0. The Morgan fingerprint density at radius 3 is 2.60 bits per heavy atom. The predicted molar refractivity (Wildman–Crippen MR) is 103 cm³/mol. The fraction of sp³-hybridized carbons (Fsp3) is 0.105. The molecule has 1 aromatic carbocycles. The number of rotatable bonds is 6. The van der Waals surface area contributed by atoms with Crippen LogP contribution in [0.25, 0.3) is 20.7 Å². The largest absolute Gasteiger partial charge is 0.366 e. The summed E-state index contributed by atoms with van der Waals surface area (Å²) in [4.78, 5) is 14.2. The van der Waals surface area contributed by atoms with Crippen molar-refractivity contribution >= 4 is 33.2 Å². The normalized spacial score (nSPS) is 10.7. The van der Waals surface area contributed by atoms with Crippen LogP contribution in [0.2, 0.25) is 0 Å². The third kappa shape index (κ3) is 3.59. The van der Waals surface area contributed by atoms with Crippen molar-refractivity contribution in [3.8, 4) is 10.4 Å². The minimum Gasteiger partial charge on any atom is -0.366 e. The minimum atomic E-state index is 0.769. The molecule has 0 aliphatic rings. The quantitative estimate of drug-likeness (QED) is 0.522. The maximum absolute atomic E-state index is 4.41. The molecule has 0 amide bonds. The molecule has 0 spiro atoms. The van der Waals surface area contributed by atoms with Crippen molar-refractivity contribution in [2.24, 2.45) is 0 Å². The highest BCUT2D eigenvalue weighted by Crippen LogP contribution is 2.34. The van der Waals surface area contributed by atoms with Gasteiger partial charge in [-0.1, -0.05) is 36.4 Å². The molecule has 3 aromatic heterocycles. The molecule has 0 saturated carbocycles. The number of hydrogen-bond donors (Lipinski definition) is 2. The van der Waals surface area contributed by atoms with Crippen LogP contribution in [0.1, 0.15) is 0 Å². The molecular weight excluding hydrogens is 330 g/mol. The molecule has 5 nitrogen and oxygen atoms in total. The molecule has 0 aliphatic heterocycles. The van der Waals surface area contributed by atoms with Gasteiger partial charge in [-0.25, -0.2) is 15.0 Å². The van der Waals surface area contributed by atoms with Crippen LogP contribution >= 0.6 is 11.3 Å². The highest BCUT2D eigenvalue weighted by atomic mass is 32.1. The topological polar surface area (TPSA) is 64.0 Å². The Morgan fingerprint density at radius 1 is 0.920 bits per heavy atom. The Hall–Kier alpha value is -2.99. The molecule has 124 valence electrons. The zero-order valence-electron chi connectivity index (χ0n) is 13.6. The van der Waals surface area contributed by atoms with Crippen LogP contribution in [0.15, 0.2) is 67.1 Å². The first-order chi connectivity index (χ1) is 12.4. The zero-order valence-corrected chi connectivity index (χ0v) is 14.4. The lowest BCUT2D eigenvalue weighted by Crippen LogP contribution is -2.19. The van der Waals surface area contributed by atoms with E-state index in [1.54, 1.807) is 17.7 Å². The van der Waals surface area contributed by atoms with E-state index >= 15 is 0 Å². The van der Waals surface area contributed by atoms with Crippen LogP contribution in [-0.4, -0.2) is 23.1 Å². The van der Waals surface area contributed by atoms with Crippen molar-refractivity contribution in [1.29, 1.82) is 0 Å². The molecule has 3 heterocycles. The number of H-pyrrole nitrogens is 1. The Labute approximate surface area is 149 Å². The minimum absolute atomic E-state index is 0.769. The number of pyridine rings is 1. The monoisotopic (exact) mass is 348 g/mol. The first-order valence-electron chi connectivity index (χ1n) is 8.14. The number of fused-ring (bicyclic) bond motifs is 1. The molecule has 25 heavy (non-hydrogen) atoms. The molecule has 0 saturated heterocycles. The highest BCUT2D eigenvalue weighted by molar-refractivity contribution is 7.21. The summed E-state index contributed by atoms with van der Waals surface area (Å²) >= 11 is 1.69. The van der Waals surface area contributed by atoms with Gasteiger partial charge in [0.15, 0.2) is 0 Å². The molecule has 3 N–H and O–H groups in total. The van der Waals surface area contributed by atoms with Crippen molar-refractivity contribution in [2.75, 3.05) is 23.7 Å². The number of hydrogen-bond acceptors (Lipinski definition) is 5. The van der Waals surface area contributed by atoms with Crippen LogP contribution in [0, 0.1) is 0 Å². The van der Waals surface area contributed by atoms with Gasteiger partial charge in [0.05, 0.1) is 18.1 Å². The van der Waals surface area contributed by atoms with Crippen molar-refractivity contribution < 1.29 is 4.98 Å². The Balaban J connectivity index is 1.47. The van der Waals surface area contributed by atoms with Crippen molar-refractivity contribution in [2.45, 2.75) is 0 Å². The molecule has 4 aromatic rings. The Kier molecular flexibility index (Phi) is 4.52. The summed E-state index contributed by atoms with van der Waals surface area (Å²) in [5.41, 5.74) is 1.21. The van der Waals surface area contributed by atoms with Crippen LogP contribution in [0.3, 0.4) is 0 Å². The fourth-order valence-electron chi connectivity index (χ4n) is 2.62. The number of benzene rings is 1. The SMILES string of the molecule is c1ccc(-c2cc3c(NCCNc4cccc[nH+]4)ncnc3s2)cc1. The van der Waals surface area contributed by atoms with Gasteiger partial charge < -0.3 is 5.32 Å². The summed E-state index contributed by atoms with van der Waals surface area (Å²) in [5, 5.41) is 7.80. The average molecular weight is 348 g/mol. The second kappa shape index (κ2) is 7.27. The van der Waals surface area contributed by atoms with Gasteiger partial charge in [0.2, 0.25) is 0 Å². The first kappa shape index (κ1) is 15.5. The van der Waals surface area contributed by atoms with Crippen molar-refractivity contribution in [3.63, 3.8) is 0 Å². The molecule has 4 rings (SSSR count). The van der Waals surface area contributed by atoms with Gasteiger partial charge in [-0.3, -0.25) is 5.32 Å². The second-order valence-electron chi connectivity index (χ2n) is 5.55. The number of nitrogens with one attached hydrogen (secondary N) is 3. The Morgan fingerprint density at radius 2 is 1.76 bits per heavy atom. The zero-order chi connectivity index (χ0) is 16.9. The lowest BCUT2D eigenvalue weighted by molar-refractivity contribution is -0.361. The van der Waals surface area contributed by atoms with E-state index in [1.165, 1.54) is 10.4 Å². The molecule has 0 aliphatic carbocycles. The maximum Gasteiger partial charge on any atom is 0.272 e. The van der Waals surface area contributed by atoms with Crippen molar-refractivity contribution in [1.82, 2.24) is 9.97 Å². The van der Waals surface area contributed by atoms with E-state index in [0.717, 1.165) is 34.9 Å². The van der Waals surface area contributed by atoms with Crippen LogP contribution < -0.4 is 15.6 Å². The van der Waals surface area contributed by atoms with Gasteiger partial charge in [0.1, 0.15) is 23.5 Å². The van der Waals surface area contributed by atoms with Crippen LogP contribution in [-0.2, 0) is 0 Å².